The monoisotopic (exact) mass is 261 g/mol. The van der Waals surface area contributed by atoms with Gasteiger partial charge in [0.1, 0.15) is 11.6 Å². The minimum atomic E-state index is -0.540. The first kappa shape index (κ1) is 14.4. The summed E-state index contributed by atoms with van der Waals surface area (Å²) in [5, 5.41) is 3.18. The number of halogens is 2. The lowest BCUT2D eigenvalue weighted by Gasteiger charge is -2.05. The molecular weight excluding hydrogens is 244 g/mol. The van der Waals surface area contributed by atoms with Gasteiger partial charge in [-0.25, -0.2) is 8.78 Å². The fraction of sp³-hybridized carbons (Fsp3) is 0.500. The summed E-state index contributed by atoms with van der Waals surface area (Å²) in [5.74, 6) is -0.291. The molecule has 0 aromatic heterocycles. The Bertz CT molecular complexity index is 336. The smallest absolute Gasteiger partial charge is 0.139 e. The van der Waals surface area contributed by atoms with Crippen molar-refractivity contribution < 1.29 is 13.5 Å². The third-order valence-electron chi connectivity index (χ3n) is 2.06. The molecule has 0 aliphatic rings. The molecule has 0 unspecified atom stereocenters. The maximum absolute atomic E-state index is 13.2. The van der Waals surface area contributed by atoms with E-state index in [9.17, 15) is 8.78 Å². The van der Waals surface area contributed by atoms with Crippen LogP contribution in [-0.2, 0) is 4.74 Å². The zero-order chi connectivity index (χ0) is 12.5. The predicted octanol–water partition coefficient (Wildman–Crippen LogP) is 2.68. The second kappa shape index (κ2) is 8.44. The Kier molecular flexibility index (Phi) is 7.16. The Morgan fingerprint density at radius 2 is 2.12 bits per heavy atom. The third kappa shape index (κ3) is 6.00. The molecule has 0 radical (unpaired) electrons. The summed E-state index contributed by atoms with van der Waals surface area (Å²) in [5.41, 5.74) is 0. The molecular formula is C12H17F2NOS. The Morgan fingerprint density at radius 3 is 2.82 bits per heavy atom. The van der Waals surface area contributed by atoms with E-state index in [-0.39, 0.29) is 0 Å². The molecule has 0 saturated heterocycles. The van der Waals surface area contributed by atoms with E-state index < -0.39 is 11.6 Å². The van der Waals surface area contributed by atoms with Crippen molar-refractivity contribution in [3.8, 4) is 0 Å². The maximum Gasteiger partial charge on any atom is 0.139 e. The SMILES string of the molecule is CCOCCNCCSc1ccc(F)cc1F. The topological polar surface area (TPSA) is 21.3 Å². The van der Waals surface area contributed by atoms with Gasteiger partial charge in [0, 0.05) is 36.4 Å². The standard InChI is InChI=1S/C12H17F2NOS/c1-2-16-7-5-15-6-8-17-12-4-3-10(13)9-11(12)14/h3-4,9,15H,2,5-8H2,1H3. The highest BCUT2D eigenvalue weighted by atomic mass is 32.2. The molecule has 1 N–H and O–H groups in total. The molecule has 17 heavy (non-hydrogen) atoms. The number of benzene rings is 1. The zero-order valence-corrected chi connectivity index (χ0v) is 10.7. The highest BCUT2D eigenvalue weighted by Crippen LogP contribution is 2.21. The minimum Gasteiger partial charge on any atom is -0.380 e. The summed E-state index contributed by atoms with van der Waals surface area (Å²) in [6.45, 7) is 4.92. The summed E-state index contributed by atoms with van der Waals surface area (Å²) in [7, 11) is 0. The Balaban J connectivity index is 2.14. The molecule has 0 aliphatic carbocycles. The molecule has 0 heterocycles. The van der Waals surface area contributed by atoms with Crippen LogP contribution in [0.4, 0.5) is 8.78 Å². The zero-order valence-electron chi connectivity index (χ0n) is 9.84. The van der Waals surface area contributed by atoms with Crippen molar-refractivity contribution in [1.29, 1.82) is 0 Å². The fourth-order valence-corrected chi connectivity index (χ4v) is 2.07. The van der Waals surface area contributed by atoms with Crippen LogP contribution in [0.2, 0.25) is 0 Å². The van der Waals surface area contributed by atoms with Crippen molar-refractivity contribution in [2.24, 2.45) is 0 Å². The average molecular weight is 261 g/mol. The van der Waals surface area contributed by atoms with E-state index in [0.717, 1.165) is 31.5 Å². The van der Waals surface area contributed by atoms with E-state index in [4.69, 9.17) is 4.74 Å². The lowest BCUT2D eigenvalue weighted by molar-refractivity contribution is 0.150. The maximum atomic E-state index is 13.2. The van der Waals surface area contributed by atoms with Gasteiger partial charge in [0.15, 0.2) is 0 Å². The van der Waals surface area contributed by atoms with E-state index in [1.54, 1.807) is 0 Å². The predicted molar refractivity (Wildman–Crippen MR) is 66.4 cm³/mol. The summed E-state index contributed by atoms with van der Waals surface area (Å²) >= 11 is 1.37. The van der Waals surface area contributed by atoms with Gasteiger partial charge in [-0.2, -0.15) is 0 Å². The number of hydrogen-bond donors (Lipinski definition) is 1. The van der Waals surface area contributed by atoms with Crippen LogP contribution in [0.1, 0.15) is 6.92 Å². The van der Waals surface area contributed by atoms with E-state index in [2.05, 4.69) is 5.32 Å². The summed E-state index contributed by atoms with van der Waals surface area (Å²) in [6.07, 6.45) is 0. The molecule has 0 amide bonds. The van der Waals surface area contributed by atoms with Crippen LogP contribution < -0.4 is 5.32 Å². The van der Waals surface area contributed by atoms with Gasteiger partial charge in [-0.3, -0.25) is 0 Å². The van der Waals surface area contributed by atoms with Gasteiger partial charge in [-0.15, -0.1) is 11.8 Å². The highest BCUT2D eigenvalue weighted by Gasteiger charge is 2.03. The molecule has 1 aromatic carbocycles. The van der Waals surface area contributed by atoms with Crippen molar-refractivity contribution in [2.45, 2.75) is 11.8 Å². The second-order valence-electron chi connectivity index (χ2n) is 3.37. The van der Waals surface area contributed by atoms with Gasteiger partial charge in [0.25, 0.3) is 0 Å². The quantitative estimate of drug-likeness (QED) is 0.574. The van der Waals surface area contributed by atoms with Gasteiger partial charge >= 0.3 is 0 Å². The second-order valence-corrected chi connectivity index (χ2v) is 4.51. The lowest BCUT2D eigenvalue weighted by atomic mass is 10.3. The number of rotatable bonds is 8. The average Bonchev–Trinajstić information content (AvgIpc) is 2.30. The Hall–Kier alpha value is -0.650. The largest absolute Gasteiger partial charge is 0.380 e. The molecule has 0 atom stereocenters. The third-order valence-corrected chi connectivity index (χ3v) is 3.11. The van der Waals surface area contributed by atoms with Gasteiger partial charge in [0.2, 0.25) is 0 Å². The number of hydrogen-bond acceptors (Lipinski definition) is 3. The summed E-state index contributed by atoms with van der Waals surface area (Å²) in [4.78, 5) is 0.484. The molecule has 0 bridgehead atoms. The molecule has 1 aromatic rings. The first-order valence-corrected chi connectivity index (χ1v) is 6.59. The first-order valence-electron chi connectivity index (χ1n) is 5.60. The fourth-order valence-electron chi connectivity index (χ4n) is 1.24. The van der Waals surface area contributed by atoms with E-state index >= 15 is 0 Å². The van der Waals surface area contributed by atoms with Gasteiger partial charge < -0.3 is 10.1 Å². The van der Waals surface area contributed by atoms with Gasteiger partial charge in [-0.05, 0) is 19.1 Å². The minimum absolute atomic E-state index is 0.484. The molecule has 0 aliphatic heterocycles. The molecule has 0 saturated carbocycles. The molecule has 96 valence electrons. The Morgan fingerprint density at radius 1 is 1.29 bits per heavy atom. The van der Waals surface area contributed by atoms with Crippen LogP contribution in [0.25, 0.3) is 0 Å². The Labute approximate surface area is 105 Å². The summed E-state index contributed by atoms with van der Waals surface area (Å²) < 4.78 is 31.0. The molecule has 5 heteroatoms. The van der Waals surface area contributed by atoms with E-state index in [1.807, 2.05) is 6.92 Å². The number of nitrogens with one attached hydrogen (secondary N) is 1. The summed E-state index contributed by atoms with van der Waals surface area (Å²) in [6, 6.07) is 3.65. The van der Waals surface area contributed by atoms with Crippen LogP contribution >= 0.6 is 11.8 Å². The number of thioether (sulfide) groups is 1. The van der Waals surface area contributed by atoms with Gasteiger partial charge in [-0.1, -0.05) is 0 Å². The molecule has 2 nitrogen and oxygen atoms in total. The van der Waals surface area contributed by atoms with Gasteiger partial charge in [0.05, 0.1) is 6.61 Å². The van der Waals surface area contributed by atoms with Crippen molar-refractivity contribution in [3.63, 3.8) is 0 Å². The van der Waals surface area contributed by atoms with Crippen molar-refractivity contribution in [2.75, 3.05) is 32.1 Å². The van der Waals surface area contributed by atoms with Crippen LogP contribution in [0.5, 0.6) is 0 Å². The van der Waals surface area contributed by atoms with Crippen LogP contribution in [-0.4, -0.2) is 32.1 Å². The van der Waals surface area contributed by atoms with Crippen LogP contribution in [0.15, 0.2) is 23.1 Å². The van der Waals surface area contributed by atoms with Crippen LogP contribution in [0, 0.1) is 11.6 Å². The van der Waals surface area contributed by atoms with Crippen molar-refractivity contribution in [1.82, 2.24) is 5.32 Å². The van der Waals surface area contributed by atoms with Crippen LogP contribution in [0.3, 0.4) is 0 Å². The lowest BCUT2D eigenvalue weighted by Crippen LogP contribution is -2.22. The van der Waals surface area contributed by atoms with Crippen molar-refractivity contribution in [3.05, 3.63) is 29.8 Å². The highest BCUT2D eigenvalue weighted by molar-refractivity contribution is 7.99. The number of ether oxygens (including phenoxy) is 1. The van der Waals surface area contributed by atoms with E-state index in [1.165, 1.54) is 23.9 Å². The molecule has 0 spiro atoms. The normalized spacial score (nSPS) is 10.8. The first-order chi connectivity index (χ1) is 8.24. The molecule has 1 rings (SSSR count). The molecule has 0 fully saturated rings. The van der Waals surface area contributed by atoms with E-state index in [0.29, 0.717) is 11.5 Å². The van der Waals surface area contributed by atoms with Crippen molar-refractivity contribution >= 4 is 11.8 Å².